The lowest BCUT2D eigenvalue weighted by molar-refractivity contribution is -0.145. The van der Waals surface area contributed by atoms with Crippen LogP contribution in [-0.4, -0.2) is 26.2 Å². The highest BCUT2D eigenvalue weighted by Gasteiger charge is 2.32. The first kappa shape index (κ1) is 14.7. The number of nitrogens with zero attached hydrogens (tertiary/aromatic N) is 1. The topological polar surface area (TPSA) is 29.5 Å². The van der Waals surface area contributed by atoms with Crippen LogP contribution in [0.1, 0.15) is 18.4 Å². The first-order valence-electron chi connectivity index (χ1n) is 6.42. The average Bonchev–Trinajstić information content (AvgIpc) is 2.46. The van der Waals surface area contributed by atoms with Gasteiger partial charge >= 0.3 is 12.1 Å². The van der Waals surface area contributed by atoms with E-state index in [1.807, 2.05) is 0 Å². The van der Waals surface area contributed by atoms with E-state index in [9.17, 15) is 18.0 Å². The molecule has 1 aromatic carbocycles. The van der Waals surface area contributed by atoms with Gasteiger partial charge in [0, 0.05) is 18.8 Å². The molecule has 0 aliphatic carbocycles. The van der Waals surface area contributed by atoms with Crippen LogP contribution in [0.5, 0.6) is 0 Å². The van der Waals surface area contributed by atoms with Crippen LogP contribution in [-0.2, 0) is 15.7 Å². The average molecular weight is 287 g/mol. The number of hydrogen-bond donors (Lipinski definition) is 0. The van der Waals surface area contributed by atoms with Gasteiger partial charge in [0.15, 0.2) is 0 Å². The van der Waals surface area contributed by atoms with Crippen molar-refractivity contribution in [2.75, 3.05) is 25.1 Å². The number of ether oxygens (including phenoxy) is 1. The van der Waals surface area contributed by atoms with Crippen LogP contribution < -0.4 is 4.90 Å². The first-order valence-corrected chi connectivity index (χ1v) is 6.42. The lowest BCUT2D eigenvalue weighted by atomic mass is 9.97. The molecule has 0 saturated carbocycles. The van der Waals surface area contributed by atoms with Gasteiger partial charge in [-0.3, -0.25) is 4.79 Å². The van der Waals surface area contributed by atoms with Crippen molar-refractivity contribution in [2.24, 2.45) is 5.92 Å². The van der Waals surface area contributed by atoms with Crippen LogP contribution in [0.15, 0.2) is 24.3 Å². The Morgan fingerprint density at radius 1 is 1.40 bits per heavy atom. The summed E-state index contributed by atoms with van der Waals surface area (Å²) in [7, 11) is 1.32. The third-order valence-electron chi connectivity index (χ3n) is 3.49. The van der Waals surface area contributed by atoms with Crippen LogP contribution in [0.25, 0.3) is 0 Å². The summed E-state index contributed by atoms with van der Waals surface area (Å²) in [6, 6.07) is 5.19. The minimum atomic E-state index is -4.35. The van der Waals surface area contributed by atoms with Crippen LogP contribution in [0, 0.1) is 5.92 Å². The van der Waals surface area contributed by atoms with E-state index in [0.717, 1.165) is 18.6 Å². The molecular weight excluding hydrogens is 271 g/mol. The number of rotatable bonds is 2. The van der Waals surface area contributed by atoms with Gasteiger partial charge in [-0.1, -0.05) is 6.07 Å². The molecule has 20 heavy (non-hydrogen) atoms. The summed E-state index contributed by atoms with van der Waals surface area (Å²) in [5, 5.41) is 0. The fraction of sp³-hybridized carbons (Fsp3) is 0.500. The molecule has 0 amide bonds. The lowest BCUT2D eigenvalue weighted by Gasteiger charge is -2.33. The molecule has 0 N–H and O–H groups in total. The van der Waals surface area contributed by atoms with Gasteiger partial charge in [-0.15, -0.1) is 0 Å². The second-order valence-corrected chi connectivity index (χ2v) is 4.86. The SMILES string of the molecule is COC(=O)C1CCCN(c2cccc(C(F)(F)F)c2)C1. The van der Waals surface area contributed by atoms with E-state index < -0.39 is 11.7 Å². The maximum atomic E-state index is 12.7. The highest BCUT2D eigenvalue weighted by atomic mass is 19.4. The van der Waals surface area contributed by atoms with E-state index in [-0.39, 0.29) is 11.9 Å². The monoisotopic (exact) mass is 287 g/mol. The molecule has 1 aliphatic heterocycles. The van der Waals surface area contributed by atoms with Gasteiger partial charge in [0.2, 0.25) is 0 Å². The Morgan fingerprint density at radius 2 is 2.15 bits per heavy atom. The summed E-state index contributed by atoms with van der Waals surface area (Å²) in [4.78, 5) is 13.3. The molecule has 0 radical (unpaired) electrons. The fourth-order valence-electron chi connectivity index (χ4n) is 2.45. The number of alkyl halides is 3. The van der Waals surface area contributed by atoms with Gasteiger partial charge in [-0.2, -0.15) is 13.2 Å². The zero-order valence-corrected chi connectivity index (χ0v) is 11.1. The third-order valence-corrected chi connectivity index (χ3v) is 3.49. The Hall–Kier alpha value is -1.72. The predicted octanol–water partition coefficient (Wildman–Crippen LogP) is 3.09. The number of halogens is 3. The van der Waals surface area contributed by atoms with Crippen molar-refractivity contribution < 1.29 is 22.7 Å². The van der Waals surface area contributed by atoms with Gasteiger partial charge in [0.05, 0.1) is 18.6 Å². The van der Waals surface area contributed by atoms with E-state index in [1.165, 1.54) is 13.2 Å². The van der Waals surface area contributed by atoms with Crippen molar-refractivity contribution in [3.63, 3.8) is 0 Å². The number of methoxy groups -OCH3 is 1. The zero-order valence-electron chi connectivity index (χ0n) is 11.1. The summed E-state index contributed by atoms with van der Waals surface area (Å²) < 4.78 is 42.8. The summed E-state index contributed by atoms with van der Waals surface area (Å²) in [6.07, 6.45) is -2.88. The Labute approximate surface area is 115 Å². The maximum Gasteiger partial charge on any atom is 0.416 e. The zero-order chi connectivity index (χ0) is 14.8. The van der Waals surface area contributed by atoms with Gasteiger partial charge in [0.1, 0.15) is 0 Å². The van der Waals surface area contributed by atoms with Gasteiger partial charge in [-0.05, 0) is 31.0 Å². The largest absolute Gasteiger partial charge is 0.469 e. The molecule has 110 valence electrons. The number of hydrogen-bond acceptors (Lipinski definition) is 3. The quantitative estimate of drug-likeness (QED) is 0.783. The van der Waals surface area contributed by atoms with E-state index in [4.69, 9.17) is 4.74 Å². The van der Waals surface area contributed by atoms with Crippen molar-refractivity contribution >= 4 is 11.7 Å². The fourth-order valence-corrected chi connectivity index (χ4v) is 2.45. The van der Waals surface area contributed by atoms with Gasteiger partial charge in [0.25, 0.3) is 0 Å². The van der Waals surface area contributed by atoms with Crippen LogP contribution in [0.4, 0.5) is 18.9 Å². The molecular formula is C14H16F3NO2. The molecule has 0 aromatic heterocycles. The van der Waals surface area contributed by atoms with Crippen molar-refractivity contribution in [2.45, 2.75) is 19.0 Å². The van der Waals surface area contributed by atoms with Crippen molar-refractivity contribution in [1.29, 1.82) is 0 Å². The molecule has 6 heteroatoms. The van der Waals surface area contributed by atoms with E-state index >= 15 is 0 Å². The second-order valence-electron chi connectivity index (χ2n) is 4.86. The predicted molar refractivity (Wildman–Crippen MR) is 68.4 cm³/mol. The summed E-state index contributed by atoms with van der Waals surface area (Å²) in [5.74, 6) is -0.579. The minimum absolute atomic E-state index is 0.275. The Bertz CT molecular complexity index is 488. The van der Waals surface area contributed by atoms with Crippen molar-refractivity contribution in [3.05, 3.63) is 29.8 Å². The van der Waals surface area contributed by atoms with E-state index in [1.54, 1.807) is 11.0 Å². The number of anilines is 1. The number of carbonyl (C=O) groups excluding carboxylic acids is 1. The maximum absolute atomic E-state index is 12.7. The van der Waals surface area contributed by atoms with E-state index in [2.05, 4.69) is 0 Å². The van der Waals surface area contributed by atoms with Crippen LogP contribution >= 0.6 is 0 Å². The summed E-state index contributed by atoms with van der Waals surface area (Å²) in [6.45, 7) is 1.04. The summed E-state index contributed by atoms with van der Waals surface area (Å²) in [5.41, 5.74) is -0.177. The first-order chi connectivity index (χ1) is 9.41. The molecule has 2 rings (SSSR count). The number of esters is 1. The second kappa shape index (κ2) is 5.73. The number of benzene rings is 1. The summed E-state index contributed by atoms with van der Waals surface area (Å²) >= 11 is 0. The lowest BCUT2D eigenvalue weighted by Crippen LogP contribution is -2.39. The smallest absolute Gasteiger partial charge is 0.416 e. The molecule has 1 atom stereocenters. The molecule has 1 fully saturated rings. The molecule has 1 saturated heterocycles. The third kappa shape index (κ3) is 3.23. The van der Waals surface area contributed by atoms with Crippen molar-refractivity contribution in [1.82, 2.24) is 0 Å². The molecule has 3 nitrogen and oxygen atoms in total. The highest BCUT2D eigenvalue weighted by molar-refractivity contribution is 5.73. The van der Waals surface area contributed by atoms with Gasteiger partial charge in [-0.25, -0.2) is 0 Å². The Balaban J connectivity index is 2.17. The molecule has 0 bridgehead atoms. The molecule has 1 unspecified atom stereocenters. The van der Waals surface area contributed by atoms with E-state index in [0.29, 0.717) is 25.2 Å². The molecule has 1 aromatic rings. The molecule has 0 spiro atoms. The van der Waals surface area contributed by atoms with Gasteiger partial charge < -0.3 is 9.64 Å². The number of piperidine rings is 1. The van der Waals surface area contributed by atoms with Crippen molar-refractivity contribution in [3.8, 4) is 0 Å². The normalized spacial score (nSPS) is 19.8. The molecule has 1 heterocycles. The minimum Gasteiger partial charge on any atom is -0.469 e. The standard InChI is InChI=1S/C14H16F3NO2/c1-20-13(19)10-4-3-7-18(9-10)12-6-2-5-11(8-12)14(15,16)17/h2,5-6,8,10H,3-4,7,9H2,1H3. The van der Waals surface area contributed by atoms with Crippen LogP contribution in [0.3, 0.4) is 0 Å². The highest BCUT2D eigenvalue weighted by Crippen LogP contribution is 2.32. The Morgan fingerprint density at radius 3 is 2.80 bits per heavy atom. The molecule has 1 aliphatic rings. The van der Waals surface area contributed by atoms with Crippen LogP contribution in [0.2, 0.25) is 0 Å². The Kier molecular flexibility index (Phi) is 4.20. The number of carbonyl (C=O) groups is 1.